The van der Waals surface area contributed by atoms with Crippen molar-refractivity contribution in [2.24, 2.45) is 11.8 Å². The van der Waals surface area contributed by atoms with Gasteiger partial charge in [0.05, 0.1) is 28.7 Å². The highest BCUT2D eigenvalue weighted by atomic mass is 79.9. The van der Waals surface area contributed by atoms with Crippen molar-refractivity contribution in [3.8, 4) is 5.75 Å². The third kappa shape index (κ3) is 6.18. The van der Waals surface area contributed by atoms with Crippen LogP contribution in [0.5, 0.6) is 5.75 Å². The SMILES string of the molecule is Cc1ccc(C(=O)Oc2ccc(C(=O)COC(=O)c3ccc(N4C(=O)[C@H]5C[C@@H](Br)[C@@H](Br)C[C@H]5C4=O)cc3)cc2)cc1. The molecule has 1 aliphatic heterocycles. The van der Waals surface area contributed by atoms with Crippen molar-refractivity contribution in [1.29, 1.82) is 0 Å². The largest absolute Gasteiger partial charge is 0.454 e. The number of imide groups is 1. The van der Waals surface area contributed by atoms with E-state index in [0.717, 1.165) is 5.56 Å². The maximum Gasteiger partial charge on any atom is 0.343 e. The number of carbonyl (C=O) groups excluding carboxylic acids is 5. The standard InChI is InChI=1S/C31H25Br2NO7/c1-17-2-4-20(5-3-17)31(39)41-22-12-8-18(9-13-22)27(35)16-40-30(38)19-6-10-21(11-7-19)34-28(36)23-14-25(32)26(33)15-24(23)29(34)37/h2-13,23-26H,14-16H2,1H3/t23-,24+,25+,26-. The second kappa shape index (κ2) is 12.1. The molecule has 41 heavy (non-hydrogen) atoms. The quantitative estimate of drug-likeness (QED) is 0.104. The van der Waals surface area contributed by atoms with Gasteiger partial charge in [-0.1, -0.05) is 49.6 Å². The normalized spacial score (nSPS) is 21.8. The number of alkyl halides is 2. The molecule has 1 saturated carbocycles. The number of esters is 2. The average molecular weight is 683 g/mol. The van der Waals surface area contributed by atoms with Gasteiger partial charge in [0.1, 0.15) is 5.75 Å². The molecule has 0 N–H and O–H groups in total. The zero-order valence-corrected chi connectivity index (χ0v) is 25.1. The van der Waals surface area contributed by atoms with Gasteiger partial charge in [0, 0.05) is 15.2 Å². The lowest BCUT2D eigenvalue weighted by Gasteiger charge is -2.29. The molecule has 0 unspecified atom stereocenters. The Morgan fingerprint density at radius 1 is 0.732 bits per heavy atom. The first-order valence-electron chi connectivity index (χ1n) is 13.0. The van der Waals surface area contributed by atoms with E-state index in [1.807, 2.05) is 19.1 Å². The van der Waals surface area contributed by atoms with Crippen LogP contribution in [0, 0.1) is 18.8 Å². The number of rotatable bonds is 7. The van der Waals surface area contributed by atoms with E-state index in [2.05, 4.69) is 31.9 Å². The minimum atomic E-state index is -0.717. The van der Waals surface area contributed by atoms with Crippen LogP contribution in [0.25, 0.3) is 0 Å². The average Bonchev–Trinajstić information content (AvgIpc) is 3.20. The highest BCUT2D eigenvalue weighted by Crippen LogP contribution is 2.44. The van der Waals surface area contributed by atoms with Crippen LogP contribution in [0.1, 0.15) is 49.5 Å². The summed E-state index contributed by atoms with van der Waals surface area (Å²) in [6, 6.07) is 18.9. The van der Waals surface area contributed by atoms with Gasteiger partial charge in [-0.2, -0.15) is 0 Å². The van der Waals surface area contributed by atoms with Gasteiger partial charge < -0.3 is 9.47 Å². The van der Waals surface area contributed by atoms with Crippen LogP contribution in [0.4, 0.5) is 5.69 Å². The van der Waals surface area contributed by atoms with Crippen LogP contribution in [0.2, 0.25) is 0 Å². The molecule has 8 nitrogen and oxygen atoms in total. The number of halogens is 2. The Labute approximate surface area is 253 Å². The molecule has 0 spiro atoms. The van der Waals surface area contributed by atoms with Crippen LogP contribution in [-0.4, -0.2) is 45.8 Å². The fourth-order valence-electron chi connectivity index (χ4n) is 4.96. The van der Waals surface area contributed by atoms with Gasteiger partial charge in [-0.05, 0) is 80.4 Å². The molecule has 2 aliphatic rings. The molecule has 3 aromatic rings. The summed E-state index contributed by atoms with van der Waals surface area (Å²) >= 11 is 7.16. The lowest BCUT2D eigenvalue weighted by Crippen LogP contribution is -2.34. The predicted molar refractivity (Wildman–Crippen MR) is 158 cm³/mol. The van der Waals surface area contributed by atoms with Crippen molar-refractivity contribution in [3.63, 3.8) is 0 Å². The lowest BCUT2D eigenvalue weighted by atomic mass is 9.81. The molecular weight excluding hydrogens is 658 g/mol. The van der Waals surface area contributed by atoms with E-state index < -0.39 is 24.3 Å². The number of amides is 2. The summed E-state index contributed by atoms with van der Waals surface area (Å²) in [6.45, 7) is 1.43. The van der Waals surface area contributed by atoms with Crippen molar-refractivity contribution in [1.82, 2.24) is 0 Å². The third-order valence-corrected chi connectivity index (χ3v) is 10.0. The van der Waals surface area contributed by atoms with Gasteiger partial charge >= 0.3 is 11.9 Å². The summed E-state index contributed by atoms with van der Waals surface area (Å²) in [5.74, 6) is -2.60. The van der Waals surface area contributed by atoms with Crippen LogP contribution in [-0.2, 0) is 14.3 Å². The van der Waals surface area contributed by atoms with Crippen molar-refractivity contribution < 1.29 is 33.4 Å². The number of nitrogens with zero attached hydrogens (tertiary/aromatic N) is 1. The van der Waals surface area contributed by atoms with Crippen LogP contribution < -0.4 is 9.64 Å². The highest BCUT2D eigenvalue weighted by molar-refractivity contribution is 9.12. The number of hydrogen-bond donors (Lipinski definition) is 0. The molecule has 1 saturated heterocycles. The minimum Gasteiger partial charge on any atom is -0.454 e. The van der Waals surface area contributed by atoms with Gasteiger partial charge in [0.15, 0.2) is 12.4 Å². The first kappa shape index (κ1) is 28.9. The molecular formula is C31H25Br2NO7. The molecule has 0 radical (unpaired) electrons. The first-order chi connectivity index (χ1) is 19.6. The second-order valence-corrected chi connectivity index (χ2v) is 12.4. The summed E-state index contributed by atoms with van der Waals surface area (Å²) in [7, 11) is 0. The Kier molecular flexibility index (Phi) is 8.51. The monoisotopic (exact) mass is 681 g/mol. The molecule has 0 bridgehead atoms. The molecule has 2 amide bonds. The molecule has 1 heterocycles. The van der Waals surface area contributed by atoms with E-state index in [0.29, 0.717) is 24.1 Å². The predicted octanol–water partition coefficient (Wildman–Crippen LogP) is 5.68. The number of hydrogen-bond acceptors (Lipinski definition) is 7. The van der Waals surface area contributed by atoms with Gasteiger partial charge in [0.2, 0.25) is 11.8 Å². The van der Waals surface area contributed by atoms with Crippen LogP contribution in [0.3, 0.4) is 0 Å². The van der Waals surface area contributed by atoms with E-state index in [1.165, 1.54) is 53.4 Å². The molecule has 10 heteroatoms. The van der Waals surface area contributed by atoms with Crippen molar-refractivity contribution >= 4 is 67.1 Å². The van der Waals surface area contributed by atoms with Gasteiger partial charge in [-0.15, -0.1) is 0 Å². The van der Waals surface area contributed by atoms with E-state index >= 15 is 0 Å². The number of fused-ring (bicyclic) bond motifs is 1. The smallest absolute Gasteiger partial charge is 0.343 e. The maximum absolute atomic E-state index is 13.0. The summed E-state index contributed by atoms with van der Waals surface area (Å²) in [5.41, 5.74) is 2.29. The Hall–Kier alpha value is -3.63. The Balaban J connectivity index is 1.15. The van der Waals surface area contributed by atoms with E-state index in [4.69, 9.17) is 9.47 Å². The maximum atomic E-state index is 13.0. The number of Topliss-reactive ketones (excluding diaryl/α,β-unsaturated/α-hetero) is 1. The van der Waals surface area contributed by atoms with Gasteiger partial charge in [-0.3, -0.25) is 19.3 Å². The lowest BCUT2D eigenvalue weighted by molar-refractivity contribution is -0.122. The first-order valence-corrected chi connectivity index (χ1v) is 14.8. The van der Waals surface area contributed by atoms with E-state index in [-0.39, 0.29) is 50.2 Å². The van der Waals surface area contributed by atoms with Gasteiger partial charge in [-0.25, -0.2) is 9.59 Å². The van der Waals surface area contributed by atoms with Crippen LogP contribution >= 0.6 is 31.9 Å². The number of carbonyl (C=O) groups is 5. The van der Waals surface area contributed by atoms with Gasteiger partial charge in [0.25, 0.3) is 0 Å². The fraction of sp³-hybridized carbons (Fsp3) is 0.258. The second-order valence-electron chi connectivity index (χ2n) is 10.1. The molecule has 2 fully saturated rings. The molecule has 0 aromatic heterocycles. The highest BCUT2D eigenvalue weighted by Gasteiger charge is 2.52. The fourth-order valence-corrected chi connectivity index (χ4v) is 6.20. The Morgan fingerprint density at radius 3 is 1.78 bits per heavy atom. The molecule has 4 atom stereocenters. The number of ether oxygens (including phenoxy) is 2. The summed E-state index contributed by atoms with van der Waals surface area (Å²) < 4.78 is 10.5. The van der Waals surface area contributed by atoms with E-state index in [1.54, 1.807) is 12.1 Å². The third-order valence-electron chi connectivity index (χ3n) is 7.28. The number of ketones is 1. The summed E-state index contributed by atoms with van der Waals surface area (Å²) in [6.07, 6.45) is 1.14. The zero-order chi connectivity index (χ0) is 29.3. The molecule has 5 rings (SSSR count). The molecule has 3 aromatic carbocycles. The molecule has 1 aliphatic carbocycles. The van der Waals surface area contributed by atoms with Crippen LogP contribution in [0.15, 0.2) is 72.8 Å². The summed E-state index contributed by atoms with van der Waals surface area (Å²) in [5, 5.41) is 0. The number of benzene rings is 3. The minimum absolute atomic E-state index is 0.111. The molecule has 210 valence electrons. The zero-order valence-electron chi connectivity index (χ0n) is 21.9. The topological polar surface area (TPSA) is 107 Å². The van der Waals surface area contributed by atoms with E-state index in [9.17, 15) is 24.0 Å². The Bertz CT molecular complexity index is 1470. The van der Waals surface area contributed by atoms with Crippen molar-refractivity contribution in [2.75, 3.05) is 11.5 Å². The number of anilines is 1. The van der Waals surface area contributed by atoms with Crippen molar-refractivity contribution in [2.45, 2.75) is 29.4 Å². The number of aryl methyl sites for hydroxylation is 1. The Morgan fingerprint density at radius 2 is 1.22 bits per heavy atom. The summed E-state index contributed by atoms with van der Waals surface area (Å²) in [4.78, 5) is 64.8. The van der Waals surface area contributed by atoms with Crippen molar-refractivity contribution in [3.05, 3.63) is 95.1 Å².